The number of amides is 1. The van der Waals surface area contributed by atoms with E-state index < -0.39 is 10.0 Å². The van der Waals surface area contributed by atoms with Gasteiger partial charge in [0, 0.05) is 25.6 Å². The topological polar surface area (TPSA) is 66.5 Å². The van der Waals surface area contributed by atoms with Crippen LogP contribution in [0.25, 0.3) is 0 Å². The number of thiophene rings is 1. The van der Waals surface area contributed by atoms with Gasteiger partial charge < -0.3 is 4.90 Å². The molecule has 7 atom stereocenters. The lowest BCUT2D eigenvalue weighted by molar-refractivity contribution is -0.157. The van der Waals surface area contributed by atoms with Crippen molar-refractivity contribution < 1.29 is 13.2 Å². The summed E-state index contributed by atoms with van der Waals surface area (Å²) in [7, 11) is -1.44. The van der Waals surface area contributed by atoms with Gasteiger partial charge in [0.1, 0.15) is 4.21 Å². The predicted octanol–water partition coefficient (Wildman–Crippen LogP) is 4.26. The van der Waals surface area contributed by atoms with Crippen LogP contribution in [0.1, 0.15) is 65.2 Å². The van der Waals surface area contributed by atoms with Crippen LogP contribution in [-0.2, 0) is 14.8 Å². The summed E-state index contributed by atoms with van der Waals surface area (Å²) in [5.74, 6) is 2.19. The maximum absolute atomic E-state index is 12.9. The average Bonchev–Trinajstić information content (AvgIpc) is 3.34. The molecule has 5 rings (SSSR count). The number of likely N-dealkylation sites (tertiary alicyclic amines) is 1. The van der Waals surface area contributed by atoms with Gasteiger partial charge in [0.05, 0.1) is 0 Å². The molecule has 4 aliphatic rings. The quantitative estimate of drug-likeness (QED) is 0.748. The molecule has 7 heteroatoms. The maximum atomic E-state index is 12.9. The van der Waals surface area contributed by atoms with Crippen molar-refractivity contribution in [3.8, 4) is 0 Å². The van der Waals surface area contributed by atoms with Gasteiger partial charge >= 0.3 is 0 Å². The monoisotopic (exact) mass is 450 g/mol. The van der Waals surface area contributed by atoms with E-state index in [2.05, 4.69) is 18.6 Å². The van der Waals surface area contributed by atoms with Gasteiger partial charge in [-0.25, -0.2) is 13.1 Å². The van der Waals surface area contributed by atoms with Gasteiger partial charge in [0.25, 0.3) is 0 Å². The minimum Gasteiger partial charge on any atom is -0.342 e. The number of nitrogens with one attached hydrogen (secondary N) is 1. The highest BCUT2D eigenvalue weighted by Crippen LogP contribution is 2.64. The number of piperidine rings is 1. The van der Waals surface area contributed by atoms with Gasteiger partial charge in [-0.15, -0.1) is 11.3 Å². The number of nitrogens with zero attached hydrogens (tertiary/aromatic N) is 1. The zero-order valence-electron chi connectivity index (χ0n) is 18.3. The molecule has 1 amide bonds. The Morgan fingerprint density at radius 2 is 1.83 bits per heavy atom. The van der Waals surface area contributed by atoms with Crippen LogP contribution in [0.2, 0.25) is 0 Å². The molecule has 1 N–H and O–H groups in total. The fourth-order valence-corrected chi connectivity index (χ4v) is 10.4. The molecule has 3 saturated carbocycles. The van der Waals surface area contributed by atoms with Crippen molar-refractivity contribution in [3.05, 3.63) is 17.5 Å². The Morgan fingerprint density at radius 3 is 2.57 bits per heavy atom. The first-order chi connectivity index (χ1) is 14.2. The van der Waals surface area contributed by atoms with E-state index >= 15 is 0 Å². The number of carbonyl (C=O) groups is 1. The summed E-state index contributed by atoms with van der Waals surface area (Å²) in [6.45, 7) is 4.78. The number of fused-ring (bicyclic) bond motifs is 5. The second-order valence-electron chi connectivity index (χ2n) is 10.7. The molecule has 1 unspecified atom stereocenters. The number of sulfonamides is 1. The van der Waals surface area contributed by atoms with E-state index in [-0.39, 0.29) is 16.9 Å². The molecule has 3 aliphatic carbocycles. The van der Waals surface area contributed by atoms with Crippen LogP contribution in [-0.4, -0.2) is 38.4 Å². The molecule has 30 heavy (non-hydrogen) atoms. The van der Waals surface area contributed by atoms with Gasteiger partial charge in [0.15, 0.2) is 0 Å². The Bertz CT molecular complexity index is 930. The number of carbonyl (C=O) groups excluding carboxylic acids is 1. The summed E-state index contributed by atoms with van der Waals surface area (Å²) in [5, 5.41) is 1.82. The van der Waals surface area contributed by atoms with Gasteiger partial charge in [-0.1, -0.05) is 19.9 Å². The Balaban J connectivity index is 1.39. The first kappa shape index (κ1) is 21.0. The second-order valence-corrected chi connectivity index (χ2v) is 13.6. The number of hydrogen-bond donors (Lipinski definition) is 1. The van der Waals surface area contributed by atoms with E-state index in [0.29, 0.717) is 40.3 Å². The predicted molar refractivity (Wildman–Crippen MR) is 119 cm³/mol. The van der Waals surface area contributed by atoms with E-state index in [1.165, 1.54) is 17.8 Å². The minimum absolute atomic E-state index is 0.0247. The zero-order valence-corrected chi connectivity index (χ0v) is 19.9. The maximum Gasteiger partial charge on any atom is 0.250 e. The van der Waals surface area contributed by atoms with Crippen LogP contribution in [0.15, 0.2) is 21.7 Å². The lowest BCUT2D eigenvalue weighted by Gasteiger charge is -2.61. The van der Waals surface area contributed by atoms with Crippen molar-refractivity contribution in [1.29, 1.82) is 0 Å². The standard InChI is InChI=1S/C23H34N2O3S2/c1-22-12-10-17-15(6-9-19-23(17,2)13-11-20(26)25(19)3)16(22)7-8-18(22)24-30(27,28)21-5-4-14-29-21/h4-5,14-19,24H,6-13H2,1-3H3/t15-,16-,17-,18?,19+,22-,23+/m0/s1. The van der Waals surface area contributed by atoms with Crippen LogP contribution in [0.3, 0.4) is 0 Å². The van der Waals surface area contributed by atoms with E-state index in [1.807, 2.05) is 17.3 Å². The van der Waals surface area contributed by atoms with Crippen molar-refractivity contribution in [3.63, 3.8) is 0 Å². The summed E-state index contributed by atoms with van der Waals surface area (Å²) in [6, 6.07) is 3.90. The molecule has 0 aromatic carbocycles. The molecule has 0 spiro atoms. The smallest absolute Gasteiger partial charge is 0.250 e. The fraction of sp³-hybridized carbons (Fsp3) is 0.783. The highest BCUT2D eigenvalue weighted by atomic mass is 32.2. The van der Waals surface area contributed by atoms with E-state index in [0.717, 1.165) is 38.5 Å². The molecular weight excluding hydrogens is 416 g/mol. The van der Waals surface area contributed by atoms with Gasteiger partial charge in [-0.05, 0) is 85.0 Å². The Hall–Kier alpha value is -0.920. The van der Waals surface area contributed by atoms with E-state index in [4.69, 9.17) is 0 Å². The third-order valence-electron chi connectivity index (χ3n) is 9.61. The third-order valence-corrected chi connectivity index (χ3v) is 12.5. The molecule has 2 heterocycles. The largest absolute Gasteiger partial charge is 0.342 e. The summed E-state index contributed by atoms with van der Waals surface area (Å²) < 4.78 is 29.4. The second kappa shape index (κ2) is 7.04. The molecule has 1 aromatic rings. The van der Waals surface area contributed by atoms with Gasteiger partial charge in [-0.3, -0.25) is 4.79 Å². The summed E-state index contributed by atoms with van der Waals surface area (Å²) in [4.78, 5) is 14.4. The fourth-order valence-electron chi connectivity index (χ4n) is 8.01. The van der Waals surface area contributed by atoms with Crippen molar-refractivity contribution in [2.75, 3.05) is 7.05 Å². The normalized spacial score (nSPS) is 43.8. The summed E-state index contributed by atoms with van der Waals surface area (Å²) in [5.41, 5.74) is 0.243. The zero-order chi connectivity index (χ0) is 21.3. The van der Waals surface area contributed by atoms with E-state index in [9.17, 15) is 13.2 Å². The summed E-state index contributed by atoms with van der Waals surface area (Å²) in [6.07, 6.45) is 8.25. The van der Waals surface area contributed by atoms with Crippen LogP contribution in [0, 0.1) is 28.6 Å². The van der Waals surface area contributed by atoms with Crippen LogP contribution in [0.5, 0.6) is 0 Å². The lowest BCUT2D eigenvalue weighted by Crippen LogP contribution is -2.62. The van der Waals surface area contributed by atoms with Crippen molar-refractivity contribution in [2.45, 2.75) is 81.5 Å². The van der Waals surface area contributed by atoms with Crippen molar-refractivity contribution in [1.82, 2.24) is 9.62 Å². The minimum atomic E-state index is -3.44. The first-order valence-corrected chi connectivity index (χ1v) is 13.8. The van der Waals surface area contributed by atoms with Crippen LogP contribution >= 0.6 is 11.3 Å². The Labute approximate surface area is 184 Å². The molecule has 0 bridgehead atoms. The highest BCUT2D eigenvalue weighted by molar-refractivity contribution is 7.91. The molecule has 1 aliphatic heterocycles. The van der Waals surface area contributed by atoms with E-state index in [1.54, 1.807) is 12.1 Å². The molecule has 5 nitrogen and oxygen atoms in total. The Morgan fingerprint density at radius 1 is 1.07 bits per heavy atom. The average molecular weight is 451 g/mol. The van der Waals surface area contributed by atoms with Gasteiger partial charge in [0.2, 0.25) is 15.9 Å². The molecule has 166 valence electrons. The first-order valence-electron chi connectivity index (χ1n) is 11.5. The highest BCUT2D eigenvalue weighted by Gasteiger charge is 2.61. The molecule has 1 aromatic heterocycles. The molecule has 4 fully saturated rings. The van der Waals surface area contributed by atoms with Crippen molar-refractivity contribution >= 4 is 27.3 Å². The van der Waals surface area contributed by atoms with Crippen LogP contribution in [0.4, 0.5) is 0 Å². The Kier molecular flexibility index (Phi) is 4.92. The van der Waals surface area contributed by atoms with Gasteiger partial charge in [-0.2, -0.15) is 0 Å². The SMILES string of the molecule is CN1C(=O)CC[C@]2(C)[C@H]3CC[C@]4(C)C(NS(=O)(=O)c5cccs5)CC[C@H]4[C@@H]3CC[C@@H]12. The van der Waals surface area contributed by atoms with Crippen molar-refractivity contribution in [2.24, 2.45) is 28.6 Å². The summed E-state index contributed by atoms with van der Waals surface area (Å²) >= 11 is 1.29. The van der Waals surface area contributed by atoms with Crippen LogP contribution < -0.4 is 4.72 Å². The molecule has 0 radical (unpaired) electrons. The number of hydrogen-bond acceptors (Lipinski definition) is 4. The molecule has 1 saturated heterocycles. The number of rotatable bonds is 3. The third kappa shape index (κ3) is 2.95. The lowest BCUT2D eigenvalue weighted by atomic mass is 9.47. The molecular formula is C23H34N2O3S2.